The highest BCUT2D eigenvalue weighted by Crippen LogP contribution is 2.28. The van der Waals surface area contributed by atoms with Crippen LogP contribution in [-0.4, -0.2) is 46.1 Å². The van der Waals surface area contributed by atoms with E-state index in [-0.39, 0.29) is 11.8 Å². The third kappa shape index (κ3) is 2.85. The maximum atomic E-state index is 12.5. The van der Waals surface area contributed by atoms with Gasteiger partial charge in [0.25, 0.3) is 0 Å². The van der Waals surface area contributed by atoms with Gasteiger partial charge in [0.15, 0.2) is 0 Å². The van der Waals surface area contributed by atoms with Crippen LogP contribution in [0.15, 0.2) is 12.2 Å². The van der Waals surface area contributed by atoms with Crippen molar-refractivity contribution in [2.45, 2.75) is 31.7 Å². The first-order chi connectivity index (χ1) is 10.2. The van der Waals surface area contributed by atoms with E-state index in [9.17, 15) is 4.79 Å². The van der Waals surface area contributed by atoms with E-state index in [4.69, 9.17) is 4.74 Å². The standard InChI is InChI=1S/C15H22N4O2/c1-18-15-12(10-21-2)8-19(9-13(15)16-17-18)14(20)7-11-5-3-4-6-11/h3,5,11-12H,4,6-10H2,1-2H3/t11-,12-/m1/s1. The van der Waals surface area contributed by atoms with Gasteiger partial charge in [0.2, 0.25) is 5.91 Å². The summed E-state index contributed by atoms with van der Waals surface area (Å²) in [5.41, 5.74) is 2.00. The molecule has 0 unspecified atom stereocenters. The number of allylic oxidation sites excluding steroid dienone is 2. The van der Waals surface area contributed by atoms with Crippen molar-refractivity contribution in [1.29, 1.82) is 0 Å². The van der Waals surface area contributed by atoms with Crippen molar-refractivity contribution in [2.75, 3.05) is 20.3 Å². The zero-order valence-electron chi connectivity index (χ0n) is 12.7. The number of aromatic nitrogens is 3. The molecular weight excluding hydrogens is 268 g/mol. The minimum absolute atomic E-state index is 0.154. The van der Waals surface area contributed by atoms with Gasteiger partial charge in [0.1, 0.15) is 5.69 Å². The van der Waals surface area contributed by atoms with Gasteiger partial charge in [0.05, 0.1) is 18.8 Å². The molecule has 3 rings (SSSR count). The monoisotopic (exact) mass is 290 g/mol. The summed E-state index contributed by atoms with van der Waals surface area (Å²) >= 11 is 0. The molecule has 0 saturated carbocycles. The molecule has 6 heteroatoms. The summed E-state index contributed by atoms with van der Waals surface area (Å²) < 4.78 is 7.11. The number of amides is 1. The first kappa shape index (κ1) is 14.3. The first-order valence-electron chi connectivity index (χ1n) is 7.51. The Morgan fingerprint density at radius 1 is 1.52 bits per heavy atom. The molecule has 2 aliphatic rings. The number of methoxy groups -OCH3 is 1. The van der Waals surface area contributed by atoms with Gasteiger partial charge in [0, 0.05) is 33.0 Å². The van der Waals surface area contributed by atoms with Gasteiger partial charge in [-0.25, -0.2) is 0 Å². The van der Waals surface area contributed by atoms with Gasteiger partial charge in [-0.05, 0) is 18.8 Å². The number of nitrogens with zero attached hydrogens (tertiary/aromatic N) is 4. The Bertz CT molecular complexity index is 552. The van der Waals surface area contributed by atoms with Crippen LogP contribution in [0.2, 0.25) is 0 Å². The molecule has 1 aromatic heterocycles. The van der Waals surface area contributed by atoms with E-state index in [1.165, 1.54) is 0 Å². The lowest BCUT2D eigenvalue weighted by molar-refractivity contribution is -0.133. The fourth-order valence-electron chi connectivity index (χ4n) is 3.36. The Morgan fingerprint density at radius 3 is 3.10 bits per heavy atom. The van der Waals surface area contributed by atoms with Gasteiger partial charge >= 0.3 is 0 Å². The predicted octanol–water partition coefficient (Wildman–Crippen LogP) is 1.24. The number of aryl methyl sites for hydroxylation is 1. The zero-order valence-corrected chi connectivity index (χ0v) is 12.7. The van der Waals surface area contributed by atoms with Crippen LogP contribution < -0.4 is 0 Å². The minimum Gasteiger partial charge on any atom is -0.384 e. The largest absolute Gasteiger partial charge is 0.384 e. The molecule has 1 aliphatic heterocycles. The summed E-state index contributed by atoms with van der Waals surface area (Å²) in [5, 5.41) is 8.29. The topological polar surface area (TPSA) is 60.2 Å². The Hall–Kier alpha value is -1.69. The molecule has 21 heavy (non-hydrogen) atoms. The summed E-state index contributed by atoms with van der Waals surface area (Å²) in [5.74, 6) is 0.771. The molecule has 0 aromatic carbocycles. The second-order valence-corrected chi connectivity index (χ2v) is 5.94. The molecule has 0 saturated heterocycles. The molecule has 0 fully saturated rings. The lowest BCUT2D eigenvalue weighted by Crippen LogP contribution is -2.40. The lowest BCUT2D eigenvalue weighted by Gasteiger charge is -2.32. The second-order valence-electron chi connectivity index (χ2n) is 5.94. The number of fused-ring (bicyclic) bond motifs is 1. The quantitative estimate of drug-likeness (QED) is 0.783. The second kappa shape index (κ2) is 5.97. The molecule has 114 valence electrons. The minimum atomic E-state index is 0.154. The van der Waals surface area contributed by atoms with Crippen molar-refractivity contribution < 1.29 is 9.53 Å². The summed E-state index contributed by atoms with van der Waals surface area (Å²) in [4.78, 5) is 14.4. The molecular formula is C15H22N4O2. The van der Waals surface area contributed by atoms with Crippen LogP contribution in [0, 0.1) is 5.92 Å². The molecule has 0 spiro atoms. The van der Waals surface area contributed by atoms with E-state index >= 15 is 0 Å². The highest BCUT2D eigenvalue weighted by molar-refractivity contribution is 5.77. The Balaban J connectivity index is 1.73. The van der Waals surface area contributed by atoms with E-state index in [2.05, 4.69) is 22.5 Å². The van der Waals surface area contributed by atoms with Crippen molar-refractivity contribution in [3.8, 4) is 0 Å². The smallest absolute Gasteiger partial charge is 0.223 e. The number of ether oxygens (including phenoxy) is 1. The van der Waals surface area contributed by atoms with E-state index in [0.717, 1.165) is 24.2 Å². The van der Waals surface area contributed by atoms with Crippen LogP contribution in [0.25, 0.3) is 0 Å². The van der Waals surface area contributed by atoms with E-state index in [1.54, 1.807) is 11.8 Å². The Morgan fingerprint density at radius 2 is 2.38 bits per heavy atom. The van der Waals surface area contributed by atoms with Gasteiger partial charge in [-0.15, -0.1) is 5.10 Å². The normalized spacial score (nSPS) is 24.4. The number of carbonyl (C=O) groups excluding carboxylic acids is 1. The number of hydrogen-bond acceptors (Lipinski definition) is 4. The number of hydrogen-bond donors (Lipinski definition) is 0. The molecule has 0 N–H and O–H groups in total. The summed E-state index contributed by atoms with van der Waals surface area (Å²) in [6.45, 7) is 1.84. The SMILES string of the molecule is COC[C@H]1CN(C(=O)C[C@@H]2C=CCC2)Cc2nnn(C)c21. The third-order valence-electron chi connectivity index (χ3n) is 4.38. The lowest BCUT2D eigenvalue weighted by atomic mass is 9.97. The maximum Gasteiger partial charge on any atom is 0.223 e. The van der Waals surface area contributed by atoms with Crippen LogP contribution in [0.3, 0.4) is 0 Å². The van der Waals surface area contributed by atoms with E-state index in [0.29, 0.717) is 32.0 Å². The van der Waals surface area contributed by atoms with E-state index in [1.807, 2.05) is 11.9 Å². The van der Waals surface area contributed by atoms with Gasteiger partial charge < -0.3 is 9.64 Å². The van der Waals surface area contributed by atoms with Crippen LogP contribution in [0.1, 0.15) is 36.6 Å². The molecule has 6 nitrogen and oxygen atoms in total. The molecule has 2 atom stereocenters. The third-order valence-corrected chi connectivity index (χ3v) is 4.38. The molecule has 2 heterocycles. The maximum absolute atomic E-state index is 12.5. The van der Waals surface area contributed by atoms with Crippen LogP contribution in [0.4, 0.5) is 0 Å². The summed E-state index contributed by atoms with van der Waals surface area (Å²) in [7, 11) is 3.59. The molecule has 0 radical (unpaired) electrons. The van der Waals surface area contributed by atoms with Crippen LogP contribution in [0.5, 0.6) is 0 Å². The number of carbonyl (C=O) groups is 1. The molecule has 0 bridgehead atoms. The van der Waals surface area contributed by atoms with Gasteiger partial charge in [-0.1, -0.05) is 17.4 Å². The summed E-state index contributed by atoms with van der Waals surface area (Å²) in [6.07, 6.45) is 7.13. The predicted molar refractivity (Wildman–Crippen MR) is 77.5 cm³/mol. The molecule has 1 aliphatic carbocycles. The molecule has 1 aromatic rings. The highest BCUT2D eigenvalue weighted by atomic mass is 16.5. The van der Waals surface area contributed by atoms with Crippen molar-refractivity contribution in [2.24, 2.45) is 13.0 Å². The van der Waals surface area contributed by atoms with Crippen molar-refractivity contribution in [3.63, 3.8) is 0 Å². The fraction of sp³-hybridized carbons (Fsp3) is 0.667. The van der Waals surface area contributed by atoms with Gasteiger partial charge in [-0.3, -0.25) is 9.48 Å². The molecule has 1 amide bonds. The van der Waals surface area contributed by atoms with Gasteiger partial charge in [-0.2, -0.15) is 0 Å². The Kier molecular flexibility index (Phi) is 4.05. The summed E-state index contributed by atoms with van der Waals surface area (Å²) in [6, 6.07) is 0. The van der Waals surface area contributed by atoms with Crippen molar-refractivity contribution in [1.82, 2.24) is 19.9 Å². The fourth-order valence-corrected chi connectivity index (χ4v) is 3.36. The van der Waals surface area contributed by atoms with Crippen LogP contribution in [-0.2, 0) is 23.1 Å². The number of rotatable bonds is 4. The van der Waals surface area contributed by atoms with E-state index < -0.39 is 0 Å². The van der Waals surface area contributed by atoms with Crippen LogP contribution >= 0.6 is 0 Å². The zero-order chi connectivity index (χ0) is 14.8. The van der Waals surface area contributed by atoms with Crippen molar-refractivity contribution >= 4 is 5.91 Å². The Labute approximate surface area is 124 Å². The first-order valence-corrected chi connectivity index (χ1v) is 7.51. The highest BCUT2D eigenvalue weighted by Gasteiger charge is 2.32. The average molecular weight is 290 g/mol. The van der Waals surface area contributed by atoms with Crippen molar-refractivity contribution in [3.05, 3.63) is 23.5 Å². The average Bonchev–Trinajstić information content (AvgIpc) is 3.09.